The highest BCUT2D eigenvalue weighted by atomic mass is 32.1. The Hall–Kier alpha value is -3.86. The Morgan fingerprint density at radius 1 is 1.09 bits per heavy atom. The predicted molar refractivity (Wildman–Crippen MR) is 126 cm³/mol. The fourth-order valence-electron chi connectivity index (χ4n) is 3.46. The zero-order valence-electron chi connectivity index (χ0n) is 18.6. The Balaban J connectivity index is 1.26. The molecule has 10 nitrogen and oxygen atoms in total. The molecule has 4 rings (SSSR count). The van der Waals surface area contributed by atoms with Gasteiger partial charge in [-0.25, -0.2) is 9.59 Å². The molecule has 2 aromatic heterocycles. The smallest absolute Gasteiger partial charge is 0.408 e. The number of aryl methyl sites for hydroxylation is 1. The highest BCUT2D eigenvalue weighted by Crippen LogP contribution is 2.25. The number of carbonyl (C=O) groups excluding carboxylic acids is 2. The van der Waals surface area contributed by atoms with Crippen molar-refractivity contribution in [1.82, 2.24) is 29.1 Å². The lowest BCUT2D eigenvalue weighted by molar-refractivity contribution is -0.143. The van der Waals surface area contributed by atoms with E-state index in [4.69, 9.17) is 9.47 Å². The van der Waals surface area contributed by atoms with Crippen LogP contribution in [0.2, 0.25) is 0 Å². The Kier molecular flexibility index (Phi) is 7.76. The molecule has 0 saturated carbocycles. The van der Waals surface area contributed by atoms with E-state index < -0.39 is 18.1 Å². The van der Waals surface area contributed by atoms with Gasteiger partial charge in [0.25, 0.3) is 0 Å². The molecule has 0 aliphatic rings. The lowest BCUT2D eigenvalue weighted by Gasteiger charge is -2.16. The number of ether oxygens (including phenoxy) is 2. The Morgan fingerprint density at radius 2 is 1.94 bits per heavy atom. The maximum atomic E-state index is 12.1. The van der Waals surface area contributed by atoms with Crippen molar-refractivity contribution in [3.8, 4) is 11.3 Å². The van der Waals surface area contributed by atoms with Crippen molar-refractivity contribution < 1.29 is 19.1 Å². The summed E-state index contributed by atoms with van der Waals surface area (Å²) in [6.07, 6.45) is 3.02. The quantitative estimate of drug-likeness (QED) is 0.270. The lowest BCUT2D eigenvalue weighted by atomic mass is 10.1. The number of amides is 1. The van der Waals surface area contributed by atoms with E-state index in [2.05, 4.69) is 24.4 Å². The minimum atomic E-state index is -0.783. The minimum Gasteiger partial charge on any atom is -0.467 e. The molecule has 34 heavy (non-hydrogen) atoms. The molecule has 0 aliphatic carbocycles. The molecule has 11 heteroatoms. The van der Waals surface area contributed by atoms with Gasteiger partial charge in [-0.2, -0.15) is 8.75 Å². The first kappa shape index (κ1) is 23.3. The van der Waals surface area contributed by atoms with Gasteiger partial charge in [0.15, 0.2) is 0 Å². The number of carbonyl (C=O) groups is 2. The van der Waals surface area contributed by atoms with Crippen LogP contribution in [0.1, 0.15) is 24.8 Å². The van der Waals surface area contributed by atoms with Gasteiger partial charge in [-0.05, 0) is 30.9 Å². The number of esters is 1. The molecule has 1 atom stereocenters. The summed E-state index contributed by atoms with van der Waals surface area (Å²) < 4.78 is 20.4. The van der Waals surface area contributed by atoms with Crippen molar-refractivity contribution >= 4 is 34.8 Å². The first-order valence-electron chi connectivity index (χ1n) is 10.8. The standard InChI is InChI=1S/C23H24N6O4S/c1-32-22(30)19(24-23(31)33-15-16-8-3-2-4-9-16)11-5-6-13-29-14-20(25-28-29)17-10-7-12-18-21(17)27-34-26-18/h2-4,7-10,12,14,19H,5-6,11,13,15H2,1H3,(H,24,31)/t19-/m0/s1. The number of benzene rings is 2. The maximum absolute atomic E-state index is 12.1. The van der Waals surface area contributed by atoms with Gasteiger partial charge in [0.1, 0.15) is 29.4 Å². The number of alkyl carbamates (subject to hydrolysis) is 1. The third kappa shape index (κ3) is 5.93. The number of nitrogens with one attached hydrogen (secondary N) is 1. The second-order valence-electron chi connectivity index (χ2n) is 7.58. The highest BCUT2D eigenvalue weighted by Gasteiger charge is 2.22. The number of hydrogen-bond donors (Lipinski definition) is 1. The van der Waals surface area contributed by atoms with Gasteiger partial charge in [0, 0.05) is 12.1 Å². The van der Waals surface area contributed by atoms with Crippen molar-refractivity contribution in [2.75, 3.05) is 7.11 Å². The van der Waals surface area contributed by atoms with E-state index in [0.717, 1.165) is 34.3 Å². The summed E-state index contributed by atoms with van der Waals surface area (Å²) >= 11 is 1.17. The van der Waals surface area contributed by atoms with Gasteiger partial charge in [-0.15, -0.1) is 5.10 Å². The first-order chi connectivity index (χ1) is 16.6. The summed E-state index contributed by atoms with van der Waals surface area (Å²) in [6, 6.07) is 14.3. The SMILES string of the molecule is COC(=O)[C@H](CCCCn1cc(-c2cccc3nsnc23)nn1)NC(=O)OCc1ccccc1. The lowest BCUT2D eigenvalue weighted by Crippen LogP contribution is -2.41. The van der Waals surface area contributed by atoms with Gasteiger partial charge < -0.3 is 14.8 Å². The van der Waals surface area contributed by atoms with Crippen LogP contribution in [0.5, 0.6) is 0 Å². The van der Waals surface area contributed by atoms with Crippen LogP contribution in [0.3, 0.4) is 0 Å². The fourth-order valence-corrected chi connectivity index (χ4v) is 4.01. The van der Waals surface area contributed by atoms with Crippen LogP contribution in [-0.4, -0.2) is 49.0 Å². The summed E-state index contributed by atoms with van der Waals surface area (Å²) in [7, 11) is 1.29. The van der Waals surface area contributed by atoms with Crippen molar-refractivity contribution in [2.45, 2.75) is 38.5 Å². The Labute approximate surface area is 200 Å². The zero-order chi connectivity index (χ0) is 23.8. The van der Waals surface area contributed by atoms with Crippen molar-refractivity contribution in [2.24, 2.45) is 0 Å². The number of methoxy groups -OCH3 is 1. The fraction of sp³-hybridized carbons (Fsp3) is 0.304. The predicted octanol–water partition coefficient (Wildman–Crippen LogP) is 3.59. The van der Waals surface area contributed by atoms with Gasteiger partial charge in [-0.3, -0.25) is 4.68 Å². The molecule has 0 bridgehead atoms. The molecule has 2 heterocycles. The van der Waals surface area contributed by atoms with Crippen LogP contribution < -0.4 is 5.32 Å². The van der Waals surface area contributed by atoms with Crippen molar-refractivity contribution in [3.63, 3.8) is 0 Å². The van der Waals surface area contributed by atoms with E-state index in [9.17, 15) is 9.59 Å². The molecule has 1 amide bonds. The van der Waals surface area contributed by atoms with Gasteiger partial charge in [0.2, 0.25) is 0 Å². The molecule has 1 N–H and O–H groups in total. The zero-order valence-corrected chi connectivity index (χ0v) is 19.4. The molecule has 0 unspecified atom stereocenters. The number of unbranched alkanes of at least 4 members (excludes halogenated alkanes) is 1. The minimum absolute atomic E-state index is 0.125. The molecule has 0 saturated heterocycles. The highest BCUT2D eigenvalue weighted by molar-refractivity contribution is 7.00. The van der Waals surface area contributed by atoms with Gasteiger partial charge in [-0.1, -0.05) is 47.7 Å². The van der Waals surface area contributed by atoms with E-state index in [1.807, 2.05) is 54.7 Å². The molecule has 2 aromatic carbocycles. The number of fused-ring (bicyclic) bond motifs is 1. The van der Waals surface area contributed by atoms with E-state index in [0.29, 0.717) is 19.4 Å². The third-order valence-corrected chi connectivity index (χ3v) is 5.76. The van der Waals surface area contributed by atoms with Crippen molar-refractivity contribution in [1.29, 1.82) is 0 Å². The maximum Gasteiger partial charge on any atom is 0.408 e. The number of aromatic nitrogens is 5. The van der Waals surface area contributed by atoms with Crippen LogP contribution >= 0.6 is 11.7 Å². The molecule has 0 fully saturated rings. The van der Waals surface area contributed by atoms with E-state index in [-0.39, 0.29) is 6.61 Å². The first-order valence-corrected chi connectivity index (χ1v) is 11.5. The average Bonchev–Trinajstić information content (AvgIpc) is 3.54. The average molecular weight is 481 g/mol. The summed E-state index contributed by atoms with van der Waals surface area (Å²) in [5, 5.41) is 11.0. The normalized spacial score (nSPS) is 11.8. The molecule has 4 aromatic rings. The molecule has 0 aliphatic heterocycles. The summed E-state index contributed by atoms with van der Waals surface area (Å²) in [4.78, 5) is 24.2. The van der Waals surface area contributed by atoms with E-state index >= 15 is 0 Å². The molecule has 0 radical (unpaired) electrons. The number of rotatable bonds is 10. The monoisotopic (exact) mass is 480 g/mol. The van der Waals surface area contributed by atoms with Crippen molar-refractivity contribution in [3.05, 3.63) is 60.3 Å². The van der Waals surface area contributed by atoms with Crippen LogP contribution in [0.4, 0.5) is 4.79 Å². The second kappa shape index (κ2) is 11.3. The molecular formula is C23H24N6O4S. The van der Waals surface area contributed by atoms with E-state index in [1.165, 1.54) is 18.8 Å². The topological polar surface area (TPSA) is 121 Å². The van der Waals surface area contributed by atoms with Crippen LogP contribution in [-0.2, 0) is 27.4 Å². The number of hydrogen-bond acceptors (Lipinski definition) is 9. The Bertz CT molecular complexity index is 1240. The van der Waals surface area contributed by atoms with Crippen LogP contribution in [0.25, 0.3) is 22.3 Å². The summed E-state index contributed by atoms with van der Waals surface area (Å²) in [6.45, 7) is 0.741. The van der Waals surface area contributed by atoms with Crippen LogP contribution in [0, 0.1) is 0 Å². The Morgan fingerprint density at radius 3 is 2.76 bits per heavy atom. The number of nitrogens with zero attached hydrogens (tertiary/aromatic N) is 5. The molecular weight excluding hydrogens is 456 g/mol. The molecule has 0 spiro atoms. The second-order valence-corrected chi connectivity index (χ2v) is 8.11. The van der Waals surface area contributed by atoms with Gasteiger partial charge >= 0.3 is 12.1 Å². The summed E-state index contributed by atoms with van der Waals surface area (Å²) in [5.41, 5.74) is 4.13. The van der Waals surface area contributed by atoms with Crippen LogP contribution in [0.15, 0.2) is 54.7 Å². The third-order valence-electron chi connectivity index (χ3n) is 5.22. The largest absolute Gasteiger partial charge is 0.467 e. The summed E-state index contributed by atoms with van der Waals surface area (Å²) in [5.74, 6) is -0.510. The van der Waals surface area contributed by atoms with E-state index in [1.54, 1.807) is 4.68 Å². The van der Waals surface area contributed by atoms with Gasteiger partial charge in [0.05, 0.1) is 25.0 Å². The molecule has 176 valence electrons.